The van der Waals surface area contributed by atoms with Crippen molar-refractivity contribution in [2.24, 2.45) is 0 Å². The lowest BCUT2D eigenvalue weighted by Gasteiger charge is -2.13. The van der Waals surface area contributed by atoms with E-state index in [1.165, 1.54) is 11.1 Å². The van der Waals surface area contributed by atoms with Crippen molar-refractivity contribution >= 4 is 10.9 Å². The quantitative estimate of drug-likeness (QED) is 0.546. The molecule has 110 valence electrons. The highest BCUT2D eigenvalue weighted by Gasteiger charge is 2.12. The first-order valence-corrected chi connectivity index (χ1v) is 7.56. The molecule has 0 fully saturated rings. The lowest BCUT2D eigenvalue weighted by molar-refractivity contribution is 0.480. The van der Waals surface area contributed by atoms with Crippen LogP contribution in [0.2, 0.25) is 0 Å². The average Bonchev–Trinajstić information content (AvgIpc) is 2.63. The maximum absolute atomic E-state index is 10.1. The van der Waals surface area contributed by atoms with E-state index in [0.717, 1.165) is 16.5 Å². The number of aromatic hydroxyl groups is 1. The van der Waals surface area contributed by atoms with Crippen LogP contribution in [0.15, 0.2) is 85.1 Å². The number of aromatic nitrogens is 1. The largest absolute Gasteiger partial charge is 0.506 e. The molecule has 2 nitrogen and oxygen atoms in total. The molecule has 0 unspecified atom stereocenters. The summed E-state index contributed by atoms with van der Waals surface area (Å²) in [5, 5.41) is 11.0. The van der Waals surface area contributed by atoms with Gasteiger partial charge in [0.25, 0.3) is 0 Å². The van der Waals surface area contributed by atoms with Crippen LogP contribution in [0.1, 0.15) is 0 Å². The second-order valence-corrected chi connectivity index (χ2v) is 5.44. The van der Waals surface area contributed by atoms with Crippen molar-refractivity contribution in [1.82, 2.24) is 4.98 Å². The number of rotatable bonds is 2. The van der Waals surface area contributed by atoms with Gasteiger partial charge in [-0.05, 0) is 40.5 Å². The van der Waals surface area contributed by atoms with E-state index >= 15 is 0 Å². The zero-order valence-corrected chi connectivity index (χ0v) is 12.5. The third-order valence-corrected chi connectivity index (χ3v) is 4.05. The van der Waals surface area contributed by atoms with Crippen molar-refractivity contribution in [1.29, 1.82) is 0 Å². The monoisotopic (exact) mass is 297 g/mol. The zero-order valence-electron chi connectivity index (χ0n) is 12.5. The Labute approximate surface area is 134 Å². The van der Waals surface area contributed by atoms with E-state index in [-0.39, 0.29) is 5.75 Å². The predicted molar refractivity (Wildman–Crippen MR) is 94.3 cm³/mol. The summed E-state index contributed by atoms with van der Waals surface area (Å²) < 4.78 is 0. The highest BCUT2D eigenvalue weighted by atomic mass is 16.3. The predicted octanol–water partition coefficient (Wildman–Crippen LogP) is 5.27. The van der Waals surface area contributed by atoms with Crippen LogP contribution in [0.3, 0.4) is 0 Å². The van der Waals surface area contributed by atoms with E-state index in [9.17, 15) is 5.11 Å². The van der Waals surface area contributed by atoms with Crippen molar-refractivity contribution in [3.05, 3.63) is 85.1 Å². The van der Waals surface area contributed by atoms with Gasteiger partial charge in [-0.15, -0.1) is 0 Å². The number of fused-ring (bicyclic) bond motifs is 1. The van der Waals surface area contributed by atoms with E-state index in [0.29, 0.717) is 5.52 Å². The minimum atomic E-state index is 0.210. The smallest absolute Gasteiger partial charge is 0.141 e. The topological polar surface area (TPSA) is 33.1 Å². The zero-order chi connectivity index (χ0) is 15.6. The van der Waals surface area contributed by atoms with Gasteiger partial charge < -0.3 is 5.11 Å². The molecule has 4 rings (SSSR count). The first kappa shape index (κ1) is 13.5. The number of hydrogen-bond acceptors (Lipinski definition) is 2. The highest BCUT2D eigenvalue weighted by Crippen LogP contribution is 2.37. The van der Waals surface area contributed by atoms with Crippen molar-refractivity contribution in [2.45, 2.75) is 0 Å². The molecule has 0 spiro atoms. The van der Waals surface area contributed by atoms with Crippen LogP contribution < -0.4 is 0 Å². The van der Waals surface area contributed by atoms with Gasteiger partial charge in [0.1, 0.15) is 11.3 Å². The number of phenolic OH excluding ortho intramolecular Hbond substituents is 1. The Hall–Kier alpha value is -3.13. The summed E-state index contributed by atoms with van der Waals surface area (Å²) in [5.74, 6) is 0.210. The van der Waals surface area contributed by atoms with Gasteiger partial charge in [0.05, 0.1) is 0 Å². The molecule has 2 heteroatoms. The number of phenols is 1. The lowest BCUT2D eigenvalue weighted by atomic mass is 9.92. The van der Waals surface area contributed by atoms with Gasteiger partial charge >= 0.3 is 0 Å². The Morgan fingerprint density at radius 1 is 0.609 bits per heavy atom. The number of pyridine rings is 1. The van der Waals surface area contributed by atoms with Crippen LogP contribution in [0.4, 0.5) is 0 Å². The Morgan fingerprint density at radius 3 is 2.17 bits per heavy atom. The van der Waals surface area contributed by atoms with E-state index in [1.807, 2.05) is 48.5 Å². The first-order chi connectivity index (χ1) is 11.3. The van der Waals surface area contributed by atoms with Gasteiger partial charge in [-0.3, -0.25) is 4.98 Å². The summed E-state index contributed by atoms with van der Waals surface area (Å²) >= 11 is 0. The molecule has 0 radical (unpaired) electrons. The molecule has 0 saturated heterocycles. The fourth-order valence-electron chi connectivity index (χ4n) is 2.98. The maximum atomic E-state index is 10.1. The normalized spacial score (nSPS) is 10.8. The summed E-state index contributed by atoms with van der Waals surface area (Å²) in [6, 6.07) is 26.2. The fourth-order valence-corrected chi connectivity index (χ4v) is 2.98. The first-order valence-electron chi connectivity index (χ1n) is 7.56. The van der Waals surface area contributed by atoms with Crippen molar-refractivity contribution in [3.63, 3.8) is 0 Å². The summed E-state index contributed by atoms with van der Waals surface area (Å²) in [6.07, 6.45) is 1.70. The van der Waals surface area contributed by atoms with Gasteiger partial charge in [0, 0.05) is 11.6 Å². The second-order valence-electron chi connectivity index (χ2n) is 5.44. The van der Waals surface area contributed by atoms with Crippen LogP contribution in [-0.4, -0.2) is 10.1 Å². The lowest BCUT2D eigenvalue weighted by Crippen LogP contribution is -1.88. The molecule has 0 bridgehead atoms. The Kier molecular flexibility index (Phi) is 3.28. The summed E-state index contributed by atoms with van der Waals surface area (Å²) in [5.41, 5.74) is 5.19. The summed E-state index contributed by atoms with van der Waals surface area (Å²) in [6.45, 7) is 0. The molecule has 0 aliphatic rings. The molecule has 1 N–H and O–H groups in total. The van der Waals surface area contributed by atoms with Gasteiger partial charge in [-0.1, -0.05) is 60.7 Å². The van der Waals surface area contributed by atoms with Crippen LogP contribution >= 0.6 is 0 Å². The number of hydrogen-bond donors (Lipinski definition) is 1. The van der Waals surface area contributed by atoms with E-state index < -0.39 is 0 Å². The Balaban J connectivity index is 2.02. The van der Waals surface area contributed by atoms with Gasteiger partial charge in [0.15, 0.2) is 0 Å². The average molecular weight is 297 g/mol. The van der Waals surface area contributed by atoms with E-state index in [1.54, 1.807) is 12.3 Å². The van der Waals surface area contributed by atoms with Gasteiger partial charge in [0.2, 0.25) is 0 Å². The summed E-state index contributed by atoms with van der Waals surface area (Å²) in [7, 11) is 0. The molecule has 4 aromatic rings. The molecule has 0 aliphatic heterocycles. The van der Waals surface area contributed by atoms with Gasteiger partial charge in [-0.2, -0.15) is 0 Å². The standard InChI is InChI=1S/C21H15NO/c23-20-13-12-18(19-11-6-14-22-21(19)20)17-10-5-4-9-16(17)15-7-2-1-3-8-15/h1-14,23H. The molecule has 0 aliphatic carbocycles. The maximum Gasteiger partial charge on any atom is 0.141 e. The molecular formula is C21H15NO. The molecular weight excluding hydrogens is 282 g/mol. The fraction of sp³-hybridized carbons (Fsp3) is 0. The number of nitrogens with zero attached hydrogens (tertiary/aromatic N) is 1. The molecule has 0 atom stereocenters. The molecule has 1 aromatic heterocycles. The van der Waals surface area contributed by atoms with Crippen molar-refractivity contribution < 1.29 is 5.11 Å². The van der Waals surface area contributed by atoms with E-state index in [4.69, 9.17) is 0 Å². The van der Waals surface area contributed by atoms with Crippen molar-refractivity contribution in [3.8, 4) is 28.0 Å². The van der Waals surface area contributed by atoms with Crippen LogP contribution in [0.5, 0.6) is 5.75 Å². The molecule has 0 amide bonds. The molecule has 23 heavy (non-hydrogen) atoms. The Bertz CT molecular complexity index is 977. The van der Waals surface area contributed by atoms with E-state index in [2.05, 4.69) is 29.2 Å². The molecule has 3 aromatic carbocycles. The number of benzene rings is 3. The SMILES string of the molecule is Oc1ccc(-c2ccccc2-c2ccccc2)c2cccnc12. The summed E-state index contributed by atoms with van der Waals surface area (Å²) in [4.78, 5) is 4.32. The van der Waals surface area contributed by atoms with Crippen molar-refractivity contribution in [2.75, 3.05) is 0 Å². The Morgan fingerprint density at radius 2 is 1.35 bits per heavy atom. The molecule has 0 saturated carbocycles. The van der Waals surface area contributed by atoms with Gasteiger partial charge in [-0.25, -0.2) is 0 Å². The third kappa shape index (κ3) is 2.34. The second kappa shape index (κ2) is 5.58. The molecule has 1 heterocycles. The van der Waals surface area contributed by atoms with Crippen LogP contribution in [-0.2, 0) is 0 Å². The van der Waals surface area contributed by atoms with Crippen LogP contribution in [0, 0.1) is 0 Å². The minimum Gasteiger partial charge on any atom is -0.506 e. The highest BCUT2D eigenvalue weighted by molar-refractivity contribution is 6.01. The third-order valence-electron chi connectivity index (χ3n) is 4.05. The minimum absolute atomic E-state index is 0.210. The van der Waals surface area contributed by atoms with Crippen LogP contribution in [0.25, 0.3) is 33.2 Å².